The van der Waals surface area contributed by atoms with Crippen molar-refractivity contribution in [3.05, 3.63) is 12.2 Å². The molecule has 23 heavy (non-hydrogen) atoms. The molecule has 3 atom stereocenters. The summed E-state index contributed by atoms with van der Waals surface area (Å²) in [6.45, 7) is 7.57. The Morgan fingerprint density at radius 2 is 2.00 bits per heavy atom. The highest BCUT2D eigenvalue weighted by Crippen LogP contribution is 2.06. The number of nitrogens with zero attached hydrogens (tertiary/aromatic N) is 1. The topological polar surface area (TPSA) is 93.0 Å². The average molecular weight is 330 g/mol. The summed E-state index contributed by atoms with van der Waals surface area (Å²) >= 11 is 0. The molecule has 0 bridgehead atoms. The summed E-state index contributed by atoms with van der Waals surface area (Å²) in [5.74, 6) is -0.890. The molecule has 0 amide bonds. The van der Waals surface area contributed by atoms with E-state index in [4.69, 9.17) is 0 Å². The lowest BCUT2D eigenvalue weighted by atomic mass is 10.1. The van der Waals surface area contributed by atoms with Gasteiger partial charge in [-0.3, -0.25) is 9.69 Å². The number of nitrogens with one attached hydrogen (secondary N) is 1. The molecule has 6 nitrogen and oxygen atoms in total. The quantitative estimate of drug-likeness (QED) is 0.283. The molecule has 4 N–H and O–H groups in total. The van der Waals surface area contributed by atoms with E-state index in [1.165, 1.54) is 0 Å². The summed E-state index contributed by atoms with van der Waals surface area (Å²) in [6, 6.07) is -0.641. The Morgan fingerprint density at radius 3 is 2.57 bits per heavy atom. The SMILES string of the molecule is CC/C=C/C(O)CNCCN(CC(O)CCCC)C(C)C(=O)O. The van der Waals surface area contributed by atoms with Gasteiger partial charge < -0.3 is 20.6 Å². The smallest absolute Gasteiger partial charge is 0.320 e. The van der Waals surface area contributed by atoms with Crippen LogP contribution in [0.3, 0.4) is 0 Å². The first-order chi connectivity index (χ1) is 10.9. The normalized spacial score (nSPS) is 15.9. The Bertz CT molecular complexity index is 337. The van der Waals surface area contributed by atoms with Crippen LogP contribution in [0.15, 0.2) is 12.2 Å². The highest BCUT2D eigenvalue weighted by molar-refractivity contribution is 5.72. The van der Waals surface area contributed by atoms with E-state index >= 15 is 0 Å². The molecule has 0 aliphatic rings. The van der Waals surface area contributed by atoms with Gasteiger partial charge in [0, 0.05) is 26.2 Å². The lowest BCUT2D eigenvalue weighted by molar-refractivity contribution is -0.143. The van der Waals surface area contributed by atoms with Gasteiger partial charge in [0.25, 0.3) is 0 Å². The summed E-state index contributed by atoms with van der Waals surface area (Å²) in [5.41, 5.74) is 0. The molecule has 0 aliphatic carbocycles. The third kappa shape index (κ3) is 11.3. The molecule has 0 fully saturated rings. The molecule has 6 heteroatoms. The standard InChI is InChI=1S/C17H34N2O4/c1-4-6-8-15(20)12-18-10-11-19(14(3)17(22)23)13-16(21)9-7-5-2/h6,8,14-16,18,20-21H,4-5,7,9-13H2,1-3H3,(H,22,23)/b8-6+. The van der Waals surface area contributed by atoms with E-state index in [1.807, 2.05) is 13.0 Å². The molecule has 0 radical (unpaired) electrons. The number of aliphatic hydroxyl groups is 2. The zero-order valence-electron chi connectivity index (χ0n) is 14.7. The van der Waals surface area contributed by atoms with E-state index in [0.29, 0.717) is 32.6 Å². The Kier molecular flexibility index (Phi) is 12.9. The molecule has 136 valence electrons. The van der Waals surface area contributed by atoms with Crippen molar-refractivity contribution in [1.82, 2.24) is 10.2 Å². The molecule has 0 saturated carbocycles. The number of hydrogen-bond donors (Lipinski definition) is 4. The summed E-state index contributed by atoms with van der Waals surface area (Å²) in [5, 5.41) is 32.0. The van der Waals surface area contributed by atoms with Crippen LogP contribution in [0.2, 0.25) is 0 Å². The van der Waals surface area contributed by atoms with Crippen molar-refractivity contribution >= 4 is 5.97 Å². The molecule has 0 aromatic heterocycles. The molecule has 0 spiro atoms. The van der Waals surface area contributed by atoms with Gasteiger partial charge in [-0.05, 0) is 19.8 Å². The molecule has 0 rings (SSSR count). The molecule has 0 aromatic rings. The molecular weight excluding hydrogens is 296 g/mol. The van der Waals surface area contributed by atoms with Gasteiger partial charge in [-0.25, -0.2) is 0 Å². The van der Waals surface area contributed by atoms with Crippen molar-refractivity contribution in [2.75, 3.05) is 26.2 Å². The zero-order chi connectivity index (χ0) is 17.7. The van der Waals surface area contributed by atoms with E-state index < -0.39 is 24.2 Å². The van der Waals surface area contributed by atoms with Gasteiger partial charge in [0.2, 0.25) is 0 Å². The van der Waals surface area contributed by atoms with Crippen LogP contribution in [0.25, 0.3) is 0 Å². The lowest BCUT2D eigenvalue weighted by Crippen LogP contribution is -2.46. The fraction of sp³-hybridized carbons (Fsp3) is 0.824. The number of carboxylic acids is 1. The minimum absolute atomic E-state index is 0.355. The van der Waals surface area contributed by atoms with Crippen LogP contribution in [0.1, 0.15) is 46.5 Å². The van der Waals surface area contributed by atoms with Crippen molar-refractivity contribution < 1.29 is 20.1 Å². The maximum atomic E-state index is 11.2. The molecule has 3 unspecified atom stereocenters. The van der Waals surface area contributed by atoms with Crippen LogP contribution < -0.4 is 5.32 Å². The van der Waals surface area contributed by atoms with Gasteiger partial charge in [0.15, 0.2) is 0 Å². The predicted octanol–water partition coefficient (Wildman–Crippen LogP) is 1.23. The van der Waals surface area contributed by atoms with Gasteiger partial charge in [-0.1, -0.05) is 38.8 Å². The lowest BCUT2D eigenvalue weighted by Gasteiger charge is -2.28. The molecule has 0 heterocycles. The Hall–Kier alpha value is -0.950. The van der Waals surface area contributed by atoms with Crippen LogP contribution in [0.4, 0.5) is 0 Å². The number of carboxylic acid groups (broad SMARTS) is 1. The van der Waals surface area contributed by atoms with Gasteiger partial charge in [0.05, 0.1) is 12.2 Å². The van der Waals surface area contributed by atoms with E-state index in [0.717, 1.165) is 19.3 Å². The number of aliphatic carboxylic acids is 1. The number of hydrogen-bond acceptors (Lipinski definition) is 5. The zero-order valence-corrected chi connectivity index (χ0v) is 14.7. The summed E-state index contributed by atoms with van der Waals surface area (Å²) < 4.78 is 0. The Balaban J connectivity index is 4.26. The van der Waals surface area contributed by atoms with Crippen molar-refractivity contribution in [1.29, 1.82) is 0 Å². The average Bonchev–Trinajstić information content (AvgIpc) is 2.52. The molecular formula is C17H34N2O4. The summed E-state index contributed by atoms with van der Waals surface area (Å²) in [7, 11) is 0. The predicted molar refractivity (Wildman–Crippen MR) is 92.5 cm³/mol. The highest BCUT2D eigenvalue weighted by atomic mass is 16.4. The van der Waals surface area contributed by atoms with Gasteiger partial charge in [0.1, 0.15) is 6.04 Å². The Labute approximate surface area is 140 Å². The second-order valence-corrected chi connectivity index (χ2v) is 5.91. The number of rotatable bonds is 14. The molecule has 0 saturated heterocycles. The maximum absolute atomic E-state index is 11.2. The van der Waals surface area contributed by atoms with Crippen LogP contribution in [0.5, 0.6) is 0 Å². The fourth-order valence-electron chi connectivity index (χ4n) is 2.23. The number of unbranched alkanes of at least 4 members (excludes halogenated alkanes) is 1. The minimum Gasteiger partial charge on any atom is -0.480 e. The third-order valence-corrected chi connectivity index (χ3v) is 3.76. The van der Waals surface area contributed by atoms with Crippen LogP contribution >= 0.6 is 0 Å². The maximum Gasteiger partial charge on any atom is 0.320 e. The first-order valence-corrected chi connectivity index (χ1v) is 8.62. The van der Waals surface area contributed by atoms with Crippen LogP contribution in [-0.4, -0.2) is 70.6 Å². The highest BCUT2D eigenvalue weighted by Gasteiger charge is 2.22. The fourth-order valence-corrected chi connectivity index (χ4v) is 2.23. The number of allylic oxidation sites excluding steroid dienone is 1. The summed E-state index contributed by atoms with van der Waals surface area (Å²) in [6.07, 6.45) is 6.14. The van der Waals surface area contributed by atoms with Crippen molar-refractivity contribution in [3.8, 4) is 0 Å². The van der Waals surface area contributed by atoms with E-state index in [1.54, 1.807) is 17.9 Å². The van der Waals surface area contributed by atoms with Crippen LogP contribution in [-0.2, 0) is 4.79 Å². The third-order valence-electron chi connectivity index (χ3n) is 3.76. The second kappa shape index (κ2) is 13.5. The molecule has 0 aliphatic heterocycles. The van der Waals surface area contributed by atoms with E-state index in [2.05, 4.69) is 12.2 Å². The largest absolute Gasteiger partial charge is 0.480 e. The first kappa shape index (κ1) is 22.1. The van der Waals surface area contributed by atoms with Gasteiger partial charge in [-0.2, -0.15) is 0 Å². The van der Waals surface area contributed by atoms with Crippen molar-refractivity contribution in [2.24, 2.45) is 0 Å². The minimum atomic E-state index is -0.890. The van der Waals surface area contributed by atoms with E-state index in [9.17, 15) is 20.1 Å². The van der Waals surface area contributed by atoms with Crippen molar-refractivity contribution in [2.45, 2.75) is 64.7 Å². The van der Waals surface area contributed by atoms with Crippen LogP contribution in [0, 0.1) is 0 Å². The van der Waals surface area contributed by atoms with Gasteiger partial charge in [-0.15, -0.1) is 0 Å². The number of carbonyl (C=O) groups is 1. The first-order valence-electron chi connectivity index (χ1n) is 8.62. The Morgan fingerprint density at radius 1 is 1.30 bits per heavy atom. The van der Waals surface area contributed by atoms with Gasteiger partial charge >= 0.3 is 5.97 Å². The molecule has 0 aromatic carbocycles. The van der Waals surface area contributed by atoms with Crippen molar-refractivity contribution in [3.63, 3.8) is 0 Å². The monoisotopic (exact) mass is 330 g/mol. The number of aliphatic hydroxyl groups excluding tert-OH is 2. The van der Waals surface area contributed by atoms with E-state index in [-0.39, 0.29) is 0 Å². The second-order valence-electron chi connectivity index (χ2n) is 5.91. The summed E-state index contributed by atoms with van der Waals surface area (Å²) in [4.78, 5) is 13.0.